The monoisotopic (exact) mass is 791 g/mol. The van der Waals surface area contributed by atoms with Crippen molar-refractivity contribution in [2.24, 2.45) is 10.9 Å². The molecule has 2 saturated carbocycles. The number of piperidine rings is 2. The molecule has 0 radical (unpaired) electrons. The van der Waals surface area contributed by atoms with Gasteiger partial charge in [0.1, 0.15) is 41.3 Å². The summed E-state index contributed by atoms with van der Waals surface area (Å²) in [4.78, 5) is 63.8. The molecule has 2 aromatic rings. The molecular weight excluding hydrogens is 739 g/mol. The van der Waals surface area contributed by atoms with E-state index in [-0.39, 0.29) is 36.2 Å². The average Bonchev–Trinajstić information content (AvgIpc) is 3.46. The van der Waals surface area contributed by atoms with Crippen LogP contribution in [-0.4, -0.2) is 119 Å². The highest BCUT2D eigenvalue weighted by Crippen LogP contribution is 2.36. The van der Waals surface area contributed by atoms with E-state index in [0.717, 1.165) is 94.0 Å². The van der Waals surface area contributed by atoms with E-state index in [9.17, 15) is 24.4 Å². The number of nitrogens with one attached hydrogen (secondary N) is 1. The first kappa shape index (κ1) is 39.4. The third-order valence-electron chi connectivity index (χ3n) is 12.8. The summed E-state index contributed by atoms with van der Waals surface area (Å²) in [7, 11) is 1.57. The maximum absolute atomic E-state index is 13.3. The maximum atomic E-state index is 13.3. The van der Waals surface area contributed by atoms with Crippen LogP contribution < -0.4 is 19.5 Å². The molecule has 0 unspecified atom stereocenters. The largest absolute Gasteiger partial charge is 0.495 e. The third kappa shape index (κ3) is 8.14. The lowest BCUT2D eigenvalue weighted by Gasteiger charge is -2.47. The quantitative estimate of drug-likeness (QED) is 0.293. The lowest BCUT2D eigenvalue weighted by molar-refractivity contribution is -0.136. The molecule has 14 nitrogen and oxygen atoms in total. The first-order chi connectivity index (χ1) is 28.1. The Bertz CT molecular complexity index is 2020. The average molecular weight is 792 g/mol. The molecule has 4 aliphatic heterocycles. The number of benzene rings is 2. The van der Waals surface area contributed by atoms with Gasteiger partial charge in [0.25, 0.3) is 11.8 Å². The van der Waals surface area contributed by atoms with Crippen molar-refractivity contribution in [2.75, 3.05) is 33.3 Å². The molecule has 4 amide bonds. The van der Waals surface area contributed by atoms with Crippen LogP contribution in [0.15, 0.2) is 53.4 Å². The van der Waals surface area contributed by atoms with Crippen molar-refractivity contribution in [1.82, 2.24) is 24.9 Å². The van der Waals surface area contributed by atoms with Crippen LogP contribution in [0.4, 0.5) is 0 Å². The Kier molecular flexibility index (Phi) is 11.4. The van der Waals surface area contributed by atoms with Gasteiger partial charge in [-0.15, -0.1) is 0 Å². The van der Waals surface area contributed by atoms with Gasteiger partial charge < -0.3 is 24.0 Å². The molecule has 2 aromatic carbocycles. The van der Waals surface area contributed by atoms with Crippen molar-refractivity contribution in [2.45, 2.75) is 114 Å². The number of aliphatic imine (C=N–C) groups is 1. The van der Waals surface area contributed by atoms with Crippen LogP contribution in [0.1, 0.15) is 104 Å². The number of nitrogens with zero attached hydrogens (tertiary/aromatic N) is 6. The summed E-state index contributed by atoms with van der Waals surface area (Å²) in [6.45, 7) is 8.37. The van der Waals surface area contributed by atoms with Gasteiger partial charge >= 0.3 is 0 Å². The van der Waals surface area contributed by atoms with Crippen LogP contribution in [0.5, 0.6) is 17.2 Å². The Morgan fingerprint density at radius 1 is 0.897 bits per heavy atom. The fourth-order valence-corrected chi connectivity index (χ4v) is 9.45. The van der Waals surface area contributed by atoms with Crippen LogP contribution >= 0.6 is 0 Å². The Hall–Kier alpha value is -5.42. The summed E-state index contributed by atoms with van der Waals surface area (Å²) in [5.41, 5.74) is 0.990. The molecule has 4 fully saturated rings. The number of carbonyl (C=O) groups is 4. The summed E-state index contributed by atoms with van der Waals surface area (Å²) in [6.07, 6.45) is 12.7. The molecule has 8 rings (SSSR count). The van der Waals surface area contributed by atoms with Crippen LogP contribution in [0, 0.1) is 17.2 Å². The molecule has 2 saturated heterocycles. The number of imide groups is 2. The van der Waals surface area contributed by atoms with Gasteiger partial charge in [-0.2, -0.15) is 5.26 Å². The highest BCUT2D eigenvalue weighted by Gasteiger charge is 2.45. The van der Waals surface area contributed by atoms with Gasteiger partial charge in [-0.25, -0.2) is 4.99 Å². The maximum Gasteiger partial charge on any atom is 0.262 e. The molecule has 4 heterocycles. The first-order valence-electron chi connectivity index (χ1n) is 20.9. The minimum Gasteiger partial charge on any atom is -0.495 e. The van der Waals surface area contributed by atoms with Crippen molar-refractivity contribution < 1.29 is 33.4 Å². The molecule has 1 N–H and O–H groups in total. The fraction of sp³-hybridized carbons (Fsp3) is 0.545. The predicted molar refractivity (Wildman–Crippen MR) is 214 cm³/mol. The van der Waals surface area contributed by atoms with Crippen molar-refractivity contribution >= 4 is 29.8 Å². The zero-order valence-corrected chi connectivity index (χ0v) is 33.6. The third-order valence-corrected chi connectivity index (χ3v) is 12.8. The SMILES string of the molecule is COc1cc(OC2CCC(N3C=C(N4CCC(CN(C(C)C)C5CC(Oc6ccc7c(c6)C(=O)N([C@@H]6CCC(=O)NC6=O)C7=O)C5)CC4)N=CC3)CC2)ccc1C#N. The number of likely N-dealkylation sites (tertiary alicyclic amines) is 1. The minimum absolute atomic E-state index is 0.0119. The second-order valence-electron chi connectivity index (χ2n) is 16.8. The van der Waals surface area contributed by atoms with Crippen molar-refractivity contribution in [1.29, 1.82) is 5.26 Å². The highest BCUT2D eigenvalue weighted by atomic mass is 16.5. The fourth-order valence-electron chi connectivity index (χ4n) is 9.45. The van der Waals surface area contributed by atoms with E-state index in [4.69, 9.17) is 19.2 Å². The van der Waals surface area contributed by atoms with Crippen LogP contribution in [-0.2, 0) is 9.59 Å². The predicted octanol–water partition coefficient (Wildman–Crippen LogP) is 4.88. The van der Waals surface area contributed by atoms with Gasteiger partial charge in [-0.05, 0) is 95.0 Å². The summed E-state index contributed by atoms with van der Waals surface area (Å²) < 4.78 is 18.0. The van der Waals surface area contributed by atoms with Gasteiger partial charge in [0.2, 0.25) is 11.8 Å². The lowest BCUT2D eigenvalue weighted by atomic mass is 9.85. The molecule has 0 aromatic heterocycles. The number of amides is 4. The number of ether oxygens (including phenoxy) is 3. The van der Waals surface area contributed by atoms with E-state index in [0.29, 0.717) is 41.1 Å². The smallest absolute Gasteiger partial charge is 0.262 e. The standard InChI is InChI=1S/C44H53N7O7/c1-27(2)50(31-20-35(21-31)58-33-10-11-36-37(22-33)44(55)51(43(36)54)38-12-13-41(52)47-42(38)53)25-28-14-17-48(18-15-28)40-26-49(19-16-46-40)30-5-8-32(9-6-30)57-34-7-4-29(24-45)39(23-34)56-3/h4,7,10-11,16,22-23,26-28,30-32,35,38H,5-6,8-9,12-15,17-21,25H2,1-3H3,(H,47,52,53)/t30?,31?,32?,35?,38-/m1/s1. The number of carbonyl (C=O) groups excluding carboxylic acids is 4. The van der Waals surface area contributed by atoms with Crippen molar-refractivity contribution in [3.05, 3.63) is 65.1 Å². The summed E-state index contributed by atoms with van der Waals surface area (Å²) in [6, 6.07) is 12.8. The van der Waals surface area contributed by atoms with E-state index >= 15 is 0 Å². The Morgan fingerprint density at radius 3 is 2.31 bits per heavy atom. The van der Waals surface area contributed by atoms with E-state index in [1.807, 2.05) is 6.07 Å². The summed E-state index contributed by atoms with van der Waals surface area (Å²) in [5, 5.41) is 11.5. The molecule has 6 aliphatic rings. The van der Waals surface area contributed by atoms with Gasteiger partial charge in [-0.1, -0.05) is 0 Å². The van der Waals surface area contributed by atoms with Crippen molar-refractivity contribution in [3.8, 4) is 23.3 Å². The van der Waals surface area contributed by atoms with Gasteiger partial charge in [-0.3, -0.25) is 34.3 Å². The lowest BCUT2D eigenvalue weighted by Crippen LogP contribution is -2.54. The molecule has 0 bridgehead atoms. The molecule has 1 atom stereocenters. The molecule has 0 spiro atoms. The molecule has 14 heteroatoms. The Balaban J connectivity index is 0.786. The number of methoxy groups -OCH3 is 1. The molecule has 58 heavy (non-hydrogen) atoms. The summed E-state index contributed by atoms with van der Waals surface area (Å²) in [5.74, 6) is 1.43. The van der Waals surface area contributed by atoms with E-state index < -0.39 is 29.7 Å². The number of nitriles is 1. The number of fused-ring (bicyclic) bond motifs is 1. The first-order valence-corrected chi connectivity index (χ1v) is 20.9. The zero-order chi connectivity index (χ0) is 40.5. The molecule has 306 valence electrons. The van der Waals surface area contributed by atoms with E-state index in [1.165, 1.54) is 0 Å². The second kappa shape index (κ2) is 16.8. The van der Waals surface area contributed by atoms with E-state index in [1.54, 1.807) is 37.4 Å². The van der Waals surface area contributed by atoms with Gasteiger partial charge in [0.05, 0.1) is 36.4 Å². The Morgan fingerprint density at radius 2 is 1.60 bits per heavy atom. The molecule has 2 aliphatic carbocycles. The minimum atomic E-state index is -0.990. The van der Waals surface area contributed by atoms with Crippen LogP contribution in [0.3, 0.4) is 0 Å². The van der Waals surface area contributed by atoms with Crippen LogP contribution in [0.25, 0.3) is 0 Å². The number of rotatable bonds is 12. The Labute approximate surface area is 339 Å². The van der Waals surface area contributed by atoms with Crippen molar-refractivity contribution in [3.63, 3.8) is 0 Å². The number of hydrogen-bond acceptors (Lipinski definition) is 12. The normalized spacial score (nSPS) is 26.3. The van der Waals surface area contributed by atoms with Crippen LogP contribution in [0.2, 0.25) is 0 Å². The van der Waals surface area contributed by atoms with E-state index in [2.05, 4.69) is 52.3 Å². The molecular formula is C44H53N7O7. The topological polar surface area (TPSA) is 157 Å². The number of hydrogen-bond donors (Lipinski definition) is 1. The second-order valence-corrected chi connectivity index (χ2v) is 16.8. The summed E-state index contributed by atoms with van der Waals surface area (Å²) >= 11 is 0. The van der Waals surface area contributed by atoms with Gasteiger partial charge in [0, 0.05) is 75.5 Å². The highest BCUT2D eigenvalue weighted by molar-refractivity contribution is 6.23. The van der Waals surface area contributed by atoms with Gasteiger partial charge in [0.15, 0.2) is 0 Å². The zero-order valence-electron chi connectivity index (χ0n) is 33.6.